The fourth-order valence-electron chi connectivity index (χ4n) is 3.20. The van der Waals surface area contributed by atoms with Crippen LogP contribution in [0.4, 0.5) is 0 Å². The van der Waals surface area contributed by atoms with Crippen LogP contribution in [-0.4, -0.2) is 49.0 Å². The molecule has 0 unspecified atom stereocenters. The Hall–Kier alpha value is -1.80. The Morgan fingerprint density at radius 3 is 2.64 bits per heavy atom. The lowest BCUT2D eigenvalue weighted by atomic mass is 10.00. The van der Waals surface area contributed by atoms with Crippen LogP contribution in [-0.2, 0) is 14.6 Å². The summed E-state index contributed by atoms with van der Waals surface area (Å²) in [6.45, 7) is 0.809. The molecule has 0 amide bonds. The van der Waals surface area contributed by atoms with Crippen molar-refractivity contribution < 1.29 is 32.9 Å². The van der Waals surface area contributed by atoms with Gasteiger partial charge in [-0.25, -0.2) is 8.42 Å². The third kappa shape index (κ3) is 1.90. The molecule has 0 bridgehead atoms. The van der Waals surface area contributed by atoms with Crippen molar-refractivity contribution >= 4 is 15.8 Å². The van der Waals surface area contributed by atoms with Gasteiger partial charge in [0.1, 0.15) is 5.41 Å². The van der Waals surface area contributed by atoms with Crippen molar-refractivity contribution in [1.82, 2.24) is 0 Å². The fourth-order valence-corrected chi connectivity index (χ4v) is 5.26. The van der Waals surface area contributed by atoms with Crippen LogP contribution in [0.5, 0.6) is 11.5 Å². The number of sulfone groups is 1. The van der Waals surface area contributed by atoms with E-state index in [0.29, 0.717) is 17.1 Å². The van der Waals surface area contributed by atoms with Gasteiger partial charge in [0.25, 0.3) is 0 Å². The molecule has 120 valence electrons. The highest BCUT2D eigenvalue weighted by atomic mass is 32.2. The largest absolute Gasteiger partial charge is 0.481 e. The highest BCUT2D eigenvalue weighted by Crippen LogP contribution is 2.63. The maximum atomic E-state index is 12.2. The van der Waals surface area contributed by atoms with E-state index in [4.69, 9.17) is 9.47 Å². The van der Waals surface area contributed by atoms with Crippen molar-refractivity contribution in [1.29, 1.82) is 0 Å². The van der Waals surface area contributed by atoms with Gasteiger partial charge in [0, 0.05) is 11.7 Å². The summed E-state index contributed by atoms with van der Waals surface area (Å²) in [7, 11) is -3.61. The second-order valence-electron chi connectivity index (χ2n) is 5.47. The number of benzene rings is 1. The van der Waals surface area contributed by atoms with Gasteiger partial charge in [-0.05, 0) is 17.7 Å². The second kappa shape index (κ2) is 4.85. The summed E-state index contributed by atoms with van der Waals surface area (Å²) in [6.07, 6.45) is 0. The van der Waals surface area contributed by atoms with Gasteiger partial charge < -0.3 is 19.7 Å². The van der Waals surface area contributed by atoms with Gasteiger partial charge in [0.2, 0.25) is 6.79 Å². The lowest BCUT2D eigenvalue weighted by molar-refractivity contribution is -0.145. The standard InChI is InChI=1S/C14H16O7S/c1-2-22(18,19)12-11(14(12,6-15)13(16)17)8-3-4-9-10(5-8)21-7-20-9/h3-5,11-12,15H,2,6-7H2,1H3,(H,16,17)/t11-,12+,14-/m1/s1. The maximum absolute atomic E-state index is 12.2. The Bertz CT molecular complexity index is 727. The van der Waals surface area contributed by atoms with Gasteiger partial charge in [-0.15, -0.1) is 0 Å². The van der Waals surface area contributed by atoms with E-state index < -0.39 is 39.0 Å². The summed E-state index contributed by atoms with van der Waals surface area (Å²) in [5, 5.41) is 17.9. The number of carbonyl (C=O) groups is 1. The summed E-state index contributed by atoms with van der Waals surface area (Å²) >= 11 is 0. The number of carboxylic acids is 1. The minimum Gasteiger partial charge on any atom is -0.481 e. The third-order valence-electron chi connectivity index (χ3n) is 4.46. The van der Waals surface area contributed by atoms with Crippen LogP contribution in [0.15, 0.2) is 18.2 Å². The fraction of sp³-hybridized carbons (Fsp3) is 0.500. The molecule has 1 aliphatic heterocycles. The van der Waals surface area contributed by atoms with E-state index >= 15 is 0 Å². The molecule has 1 fully saturated rings. The minimum atomic E-state index is -3.61. The quantitative estimate of drug-likeness (QED) is 0.804. The number of rotatable bonds is 5. The predicted octanol–water partition coefficient (Wildman–Crippen LogP) is 0.379. The molecule has 0 aromatic heterocycles. The first-order valence-electron chi connectivity index (χ1n) is 6.84. The van der Waals surface area contributed by atoms with Crippen LogP contribution in [0, 0.1) is 5.41 Å². The molecule has 1 aliphatic carbocycles. The summed E-state index contributed by atoms with van der Waals surface area (Å²) in [4.78, 5) is 11.6. The van der Waals surface area contributed by atoms with E-state index in [-0.39, 0.29) is 12.5 Å². The van der Waals surface area contributed by atoms with Crippen LogP contribution in [0.2, 0.25) is 0 Å². The van der Waals surface area contributed by atoms with Crippen molar-refractivity contribution in [3.63, 3.8) is 0 Å². The number of hydrogen-bond acceptors (Lipinski definition) is 6. The zero-order valence-corrected chi connectivity index (χ0v) is 12.7. The number of hydrogen-bond donors (Lipinski definition) is 2. The minimum absolute atomic E-state index is 0.0736. The lowest BCUT2D eigenvalue weighted by Gasteiger charge is -2.09. The van der Waals surface area contributed by atoms with E-state index in [1.165, 1.54) is 6.92 Å². The van der Waals surface area contributed by atoms with Crippen molar-refractivity contribution in [2.45, 2.75) is 18.1 Å². The Balaban J connectivity index is 2.06. The van der Waals surface area contributed by atoms with E-state index in [1.807, 2.05) is 0 Å². The Morgan fingerprint density at radius 2 is 2.05 bits per heavy atom. The first-order valence-corrected chi connectivity index (χ1v) is 8.55. The third-order valence-corrected chi connectivity index (χ3v) is 6.73. The number of aliphatic hydroxyl groups excluding tert-OH is 1. The molecule has 0 saturated heterocycles. The van der Waals surface area contributed by atoms with Gasteiger partial charge in [-0.2, -0.15) is 0 Å². The number of carboxylic acid groups (broad SMARTS) is 1. The van der Waals surface area contributed by atoms with E-state index in [2.05, 4.69) is 0 Å². The highest BCUT2D eigenvalue weighted by Gasteiger charge is 2.75. The molecule has 3 atom stereocenters. The molecule has 1 aromatic rings. The summed E-state index contributed by atoms with van der Waals surface area (Å²) < 4.78 is 34.9. The molecule has 1 saturated carbocycles. The molecule has 2 N–H and O–H groups in total. The highest BCUT2D eigenvalue weighted by molar-refractivity contribution is 7.92. The molecule has 1 aromatic carbocycles. The van der Waals surface area contributed by atoms with E-state index in [9.17, 15) is 23.4 Å². The Kier molecular flexibility index (Phi) is 3.33. The van der Waals surface area contributed by atoms with Crippen molar-refractivity contribution in [3.05, 3.63) is 23.8 Å². The number of aliphatic hydroxyl groups is 1. The number of fused-ring (bicyclic) bond motifs is 1. The number of aliphatic carboxylic acids is 1. The Morgan fingerprint density at radius 1 is 1.36 bits per heavy atom. The molecule has 0 radical (unpaired) electrons. The van der Waals surface area contributed by atoms with Crippen LogP contribution in [0.1, 0.15) is 18.4 Å². The zero-order chi connectivity index (χ0) is 16.1. The normalized spacial score (nSPS) is 29.4. The lowest BCUT2D eigenvalue weighted by Crippen LogP contribution is -2.28. The topological polar surface area (TPSA) is 110 Å². The molecule has 1 heterocycles. The van der Waals surface area contributed by atoms with Crippen molar-refractivity contribution in [3.8, 4) is 11.5 Å². The maximum Gasteiger partial charge on any atom is 0.314 e. The first kappa shape index (κ1) is 15.1. The van der Waals surface area contributed by atoms with Crippen LogP contribution in [0.3, 0.4) is 0 Å². The Labute approximate surface area is 127 Å². The SMILES string of the molecule is CCS(=O)(=O)[C@H]1[C@@H](c2ccc3c(c2)OCO3)[C@@]1(CO)C(=O)O. The van der Waals surface area contributed by atoms with Gasteiger partial charge >= 0.3 is 5.97 Å². The van der Waals surface area contributed by atoms with E-state index in [0.717, 1.165) is 0 Å². The summed E-state index contributed by atoms with van der Waals surface area (Å²) in [5.74, 6) is -1.29. The van der Waals surface area contributed by atoms with Crippen LogP contribution in [0.25, 0.3) is 0 Å². The van der Waals surface area contributed by atoms with Crippen LogP contribution >= 0.6 is 0 Å². The van der Waals surface area contributed by atoms with Gasteiger partial charge in [-0.1, -0.05) is 13.0 Å². The molecule has 22 heavy (non-hydrogen) atoms. The summed E-state index contributed by atoms with van der Waals surface area (Å²) in [6, 6.07) is 4.83. The number of ether oxygens (including phenoxy) is 2. The van der Waals surface area contributed by atoms with Gasteiger partial charge in [-0.3, -0.25) is 4.79 Å². The molecule has 2 aliphatic rings. The molecular formula is C14H16O7S. The smallest absolute Gasteiger partial charge is 0.314 e. The van der Waals surface area contributed by atoms with Gasteiger partial charge in [0.05, 0.1) is 11.9 Å². The summed E-state index contributed by atoms with van der Waals surface area (Å²) in [5.41, 5.74) is -1.18. The van der Waals surface area contributed by atoms with Crippen molar-refractivity contribution in [2.75, 3.05) is 19.2 Å². The zero-order valence-electron chi connectivity index (χ0n) is 11.9. The molecule has 3 rings (SSSR count). The second-order valence-corrected chi connectivity index (χ2v) is 7.88. The van der Waals surface area contributed by atoms with E-state index in [1.54, 1.807) is 18.2 Å². The molecule has 8 heteroatoms. The predicted molar refractivity (Wildman–Crippen MR) is 75.7 cm³/mol. The van der Waals surface area contributed by atoms with Crippen LogP contribution < -0.4 is 9.47 Å². The van der Waals surface area contributed by atoms with Crippen molar-refractivity contribution in [2.24, 2.45) is 5.41 Å². The molecule has 0 spiro atoms. The van der Waals surface area contributed by atoms with Gasteiger partial charge in [0.15, 0.2) is 21.3 Å². The average Bonchev–Trinajstić information content (AvgIpc) is 3.00. The molecule has 7 nitrogen and oxygen atoms in total. The first-order chi connectivity index (χ1) is 10.4. The monoisotopic (exact) mass is 328 g/mol. The molecular weight excluding hydrogens is 312 g/mol. The average molecular weight is 328 g/mol.